The van der Waals surface area contributed by atoms with Gasteiger partial charge in [-0.2, -0.15) is 5.10 Å². The Bertz CT molecular complexity index is 672. The maximum Gasteiger partial charge on any atom is 0.187 e. The zero-order chi connectivity index (χ0) is 15.8. The Morgan fingerprint density at radius 3 is 3.00 bits per heavy atom. The monoisotopic (exact) mass is 327 g/mol. The molecule has 1 aromatic rings. The van der Waals surface area contributed by atoms with Crippen LogP contribution in [0.25, 0.3) is 0 Å². The lowest BCUT2D eigenvalue weighted by atomic mass is 9.79. The fourth-order valence-corrected chi connectivity index (χ4v) is 4.87. The summed E-state index contributed by atoms with van der Waals surface area (Å²) in [5, 5.41) is 17.8. The number of para-hydroxylation sites is 1. The van der Waals surface area contributed by atoms with Gasteiger partial charge >= 0.3 is 0 Å². The number of allylic oxidation sites excluding steroid dienone is 2. The van der Waals surface area contributed by atoms with Crippen molar-refractivity contribution in [2.75, 3.05) is 0 Å². The van der Waals surface area contributed by atoms with Gasteiger partial charge < -0.3 is 10.4 Å². The van der Waals surface area contributed by atoms with E-state index in [0.29, 0.717) is 22.6 Å². The van der Waals surface area contributed by atoms with E-state index in [9.17, 15) is 5.11 Å². The second-order valence-electron chi connectivity index (χ2n) is 6.81. The molecule has 120 valence electrons. The predicted octanol–water partition coefficient (Wildman–Crippen LogP) is 2.79. The Morgan fingerprint density at radius 2 is 2.13 bits per heavy atom. The number of phenols is 1. The van der Waals surface area contributed by atoms with Gasteiger partial charge in [0.1, 0.15) is 5.75 Å². The van der Waals surface area contributed by atoms with Crippen molar-refractivity contribution in [2.45, 2.75) is 25.3 Å². The molecule has 2 bridgehead atoms. The molecule has 4 rings (SSSR count). The largest absolute Gasteiger partial charge is 0.507 e. The molecule has 3 N–H and O–H groups in total. The van der Waals surface area contributed by atoms with E-state index in [0.717, 1.165) is 17.8 Å². The molecule has 2 saturated carbocycles. The topological polar surface area (TPSA) is 56.7 Å². The third kappa shape index (κ3) is 2.74. The third-order valence-electron chi connectivity index (χ3n) is 5.63. The molecule has 4 nitrogen and oxygen atoms in total. The van der Waals surface area contributed by atoms with Crippen molar-refractivity contribution in [1.82, 2.24) is 10.7 Å². The third-order valence-corrected chi connectivity index (χ3v) is 5.84. The van der Waals surface area contributed by atoms with Gasteiger partial charge in [-0.05, 0) is 67.3 Å². The molecule has 0 spiro atoms. The Morgan fingerprint density at radius 1 is 1.26 bits per heavy atom. The van der Waals surface area contributed by atoms with Crippen LogP contribution >= 0.6 is 12.2 Å². The number of rotatable bonds is 3. The van der Waals surface area contributed by atoms with Crippen molar-refractivity contribution in [3.05, 3.63) is 42.0 Å². The van der Waals surface area contributed by atoms with Crippen LogP contribution in [-0.4, -0.2) is 22.5 Å². The fourth-order valence-electron chi connectivity index (χ4n) is 4.67. The second-order valence-corrected chi connectivity index (χ2v) is 7.22. The fraction of sp³-hybridized carbons (Fsp3) is 0.444. The van der Waals surface area contributed by atoms with Crippen molar-refractivity contribution < 1.29 is 5.11 Å². The lowest BCUT2D eigenvalue weighted by Crippen LogP contribution is -2.45. The molecule has 23 heavy (non-hydrogen) atoms. The highest BCUT2D eigenvalue weighted by Gasteiger charge is 2.52. The molecule has 5 heteroatoms. The highest BCUT2D eigenvalue weighted by Crippen LogP contribution is 2.56. The molecule has 5 atom stereocenters. The number of phenolic OH excluding ortho intramolecular Hbond substituents is 1. The number of hydrazone groups is 1. The summed E-state index contributed by atoms with van der Waals surface area (Å²) in [6.07, 6.45) is 10.2. The van der Waals surface area contributed by atoms with E-state index in [-0.39, 0.29) is 5.75 Å². The van der Waals surface area contributed by atoms with Crippen LogP contribution in [0.1, 0.15) is 24.8 Å². The van der Waals surface area contributed by atoms with Crippen LogP contribution in [-0.2, 0) is 0 Å². The molecule has 3 aliphatic carbocycles. The summed E-state index contributed by atoms with van der Waals surface area (Å²) in [6, 6.07) is 7.55. The molecular formula is C18H21N3OS. The van der Waals surface area contributed by atoms with Gasteiger partial charge in [0.25, 0.3) is 0 Å². The maximum absolute atomic E-state index is 9.69. The number of hydrogen-bond acceptors (Lipinski definition) is 3. The van der Waals surface area contributed by atoms with E-state index in [1.807, 2.05) is 6.07 Å². The van der Waals surface area contributed by atoms with Gasteiger partial charge in [0.05, 0.1) is 6.21 Å². The summed E-state index contributed by atoms with van der Waals surface area (Å²) in [7, 11) is 0. The molecule has 1 aromatic carbocycles. The number of aromatic hydroxyl groups is 1. The van der Waals surface area contributed by atoms with Crippen LogP contribution in [0.4, 0.5) is 0 Å². The standard InChI is InChI=1S/C18H21N3OS/c22-17-7-2-1-4-11(17)10-19-21-18(23)20-16-9-12-8-15(16)14-6-3-5-13(12)14/h1-4,6-7,10,12-16,22H,5,8-9H2,(H2,20,21,23)/b19-10-/t12-,13-,14+,15+,16+/m0/s1. The van der Waals surface area contributed by atoms with Crippen molar-refractivity contribution in [3.8, 4) is 5.75 Å². The van der Waals surface area contributed by atoms with Gasteiger partial charge in [0, 0.05) is 11.6 Å². The molecule has 0 amide bonds. The molecule has 3 aliphatic rings. The molecule has 0 unspecified atom stereocenters. The van der Waals surface area contributed by atoms with E-state index in [4.69, 9.17) is 12.2 Å². The number of benzene rings is 1. The summed E-state index contributed by atoms with van der Waals surface area (Å²) in [4.78, 5) is 0. The molecule has 0 aliphatic heterocycles. The van der Waals surface area contributed by atoms with Crippen LogP contribution < -0.4 is 10.7 Å². The smallest absolute Gasteiger partial charge is 0.187 e. The van der Waals surface area contributed by atoms with Gasteiger partial charge in [0.15, 0.2) is 5.11 Å². The van der Waals surface area contributed by atoms with E-state index in [2.05, 4.69) is 28.0 Å². The highest BCUT2D eigenvalue weighted by molar-refractivity contribution is 7.80. The average Bonchev–Trinajstić information content (AvgIpc) is 3.21. The second kappa shape index (κ2) is 5.96. The van der Waals surface area contributed by atoms with Crippen molar-refractivity contribution >= 4 is 23.5 Å². The van der Waals surface area contributed by atoms with Gasteiger partial charge in [-0.3, -0.25) is 5.43 Å². The van der Waals surface area contributed by atoms with Crippen LogP contribution in [0.15, 0.2) is 41.5 Å². The Kier molecular flexibility index (Phi) is 3.81. The minimum atomic E-state index is 0.212. The first-order valence-electron chi connectivity index (χ1n) is 8.26. The highest BCUT2D eigenvalue weighted by atomic mass is 32.1. The Hall–Kier alpha value is -1.88. The van der Waals surface area contributed by atoms with Crippen molar-refractivity contribution in [2.24, 2.45) is 28.8 Å². The predicted molar refractivity (Wildman–Crippen MR) is 95.3 cm³/mol. The molecule has 0 radical (unpaired) electrons. The molecule has 2 fully saturated rings. The van der Waals surface area contributed by atoms with Crippen LogP contribution in [0.2, 0.25) is 0 Å². The number of hydrogen-bond donors (Lipinski definition) is 3. The van der Waals surface area contributed by atoms with Crippen LogP contribution in [0.5, 0.6) is 5.75 Å². The zero-order valence-electron chi connectivity index (χ0n) is 12.9. The summed E-state index contributed by atoms with van der Waals surface area (Å²) >= 11 is 5.36. The summed E-state index contributed by atoms with van der Waals surface area (Å²) in [5.74, 6) is 3.41. The average molecular weight is 327 g/mol. The normalized spacial score (nSPS) is 34.0. The number of nitrogens with zero attached hydrogens (tertiary/aromatic N) is 1. The van der Waals surface area contributed by atoms with Gasteiger partial charge in [-0.15, -0.1) is 0 Å². The van der Waals surface area contributed by atoms with Gasteiger partial charge in [0.2, 0.25) is 0 Å². The van der Waals surface area contributed by atoms with Crippen LogP contribution in [0.3, 0.4) is 0 Å². The SMILES string of the molecule is Oc1ccccc1/C=N\NC(=S)N[C@@H]1C[C@@H]2C[C@@H]1[C@@H]1C=CC[C@@H]21. The zero-order valence-corrected chi connectivity index (χ0v) is 13.7. The van der Waals surface area contributed by atoms with Crippen molar-refractivity contribution in [1.29, 1.82) is 0 Å². The van der Waals surface area contributed by atoms with Crippen molar-refractivity contribution in [3.63, 3.8) is 0 Å². The minimum absolute atomic E-state index is 0.212. The molecule has 0 aromatic heterocycles. The quantitative estimate of drug-likeness (QED) is 0.346. The Balaban J connectivity index is 1.31. The summed E-state index contributed by atoms with van der Waals surface area (Å²) in [5.41, 5.74) is 3.53. The molecular weight excluding hydrogens is 306 g/mol. The minimum Gasteiger partial charge on any atom is -0.507 e. The molecule has 0 saturated heterocycles. The van der Waals surface area contributed by atoms with E-state index < -0.39 is 0 Å². The summed E-state index contributed by atoms with van der Waals surface area (Å²) in [6.45, 7) is 0. The maximum atomic E-state index is 9.69. The number of fused-ring (bicyclic) bond motifs is 5. The first-order valence-corrected chi connectivity index (χ1v) is 8.67. The van der Waals surface area contributed by atoms with Gasteiger partial charge in [-0.1, -0.05) is 24.3 Å². The number of thiocarbonyl (C=S) groups is 1. The number of nitrogens with one attached hydrogen (secondary N) is 2. The summed E-state index contributed by atoms with van der Waals surface area (Å²) < 4.78 is 0. The van der Waals surface area contributed by atoms with E-state index in [1.165, 1.54) is 19.3 Å². The Labute approximate surface area is 141 Å². The van der Waals surface area contributed by atoms with Crippen LogP contribution in [0, 0.1) is 23.7 Å². The first-order chi connectivity index (χ1) is 11.2. The first kappa shape index (κ1) is 14.7. The lowest BCUT2D eigenvalue weighted by molar-refractivity contribution is 0.246. The van der Waals surface area contributed by atoms with E-state index in [1.54, 1.807) is 24.4 Å². The lowest BCUT2D eigenvalue weighted by Gasteiger charge is -2.32. The van der Waals surface area contributed by atoms with Gasteiger partial charge in [-0.25, -0.2) is 0 Å². The van der Waals surface area contributed by atoms with E-state index >= 15 is 0 Å². The molecule has 0 heterocycles.